The van der Waals surface area contributed by atoms with Gasteiger partial charge < -0.3 is 13.7 Å². The third-order valence-electron chi connectivity index (χ3n) is 15.6. The highest BCUT2D eigenvalue weighted by molar-refractivity contribution is 6.37. The molecular formula is C74H50N4. The minimum atomic E-state index is 0.484. The molecule has 366 valence electrons. The van der Waals surface area contributed by atoms with Crippen LogP contribution in [0.25, 0.3) is 111 Å². The average Bonchev–Trinajstić information content (AvgIpc) is 4.22. The van der Waals surface area contributed by atoms with Crippen molar-refractivity contribution in [2.45, 2.75) is 6.54 Å². The Morgan fingerprint density at radius 3 is 1.15 bits per heavy atom. The minimum Gasteiger partial charge on any atom is -0.309 e. The number of benzene rings is 11. The Balaban J connectivity index is 0.882. The van der Waals surface area contributed by atoms with E-state index in [-0.39, 0.29) is 0 Å². The van der Waals surface area contributed by atoms with Gasteiger partial charge in [-0.3, -0.25) is 4.99 Å². The van der Waals surface area contributed by atoms with Gasteiger partial charge in [0.05, 0.1) is 45.4 Å². The molecule has 0 bridgehead atoms. The molecule has 0 N–H and O–H groups in total. The molecule has 3 heterocycles. The summed E-state index contributed by atoms with van der Waals surface area (Å²) in [7, 11) is 0. The first-order valence-corrected chi connectivity index (χ1v) is 26.8. The molecule has 4 heteroatoms. The van der Waals surface area contributed by atoms with Gasteiger partial charge in [0, 0.05) is 60.5 Å². The van der Waals surface area contributed by atoms with Crippen molar-refractivity contribution in [3.63, 3.8) is 0 Å². The van der Waals surface area contributed by atoms with E-state index >= 15 is 0 Å². The number of hydrogen-bond donors (Lipinski definition) is 0. The van der Waals surface area contributed by atoms with Gasteiger partial charge in [-0.15, -0.1) is 0 Å². The standard InChI is InChI=1S/C74H50N4/c1-2-20-50(21-3-1)42-57-44-56(54-25-18-28-59(46-54)77-70-38-12-6-32-63(70)64-33-7-13-39-71(64)77)48-67(55-26-19-29-60(47-55)78-72-40-14-8-34-65(72)66-35-9-15-41-73(66)78)74(57)75-49-51-22-16-23-52(43-51)53-24-17-27-58(45-53)76-68-36-10-4-30-61(68)62-31-5-11-37-69(62)76/h1-48H,49H2/b57-42+,75-74+. The van der Waals surface area contributed by atoms with Crippen LogP contribution in [-0.2, 0) is 6.54 Å². The quantitative estimate of drug-likeness (QED) is 0.138. The molecule has 4 nitrogen and oxygen atoms in total. The highest BCUT2D eigenvalue weighted by atomic mass is 15.0. The molecule has 0 atom stereocenters. The first-order chi connectivity index (χ1) is 38.7. The summed E-state index contributed by atoms with van der Waals surface area (Å²) >= 11 is 0. The first kappa shape index (κ1) is 45.1. The van der Waals surface area contributed by atoms with Crippen molar-refractivity contribution in [3.8, 4) is 28.2 Å². The number of allylic oxidation sites excluding steroid dienone is 5. The monoisotopic (exact) mass is 994 g/mol. The van der Waals surface area contributed by atoms with Crippen molar-refractivity contribution >= 4 is 88.4 Å². The molecule has 0 unspecified atom stereocenters. The second-order valence-electron chi connectivity index (χ2n) is 20.3. The van der Waals surface area contributed by atoms with E-state index in [1.54, 1.807) is 0 Å². The largest absolute Gasteiger partial charge is 0.309 e. The number of nitrogens with zero attached hydrogens (tertiary/aromatic N) is 4. The Morgan fingerprint density at radius 1 is 0.308 bits per heavy atom. The topological polar surface area (TPSA) is 27.1 Å². The van der Waals surface area contributed by atoms with Crippen LogP contribution in [0, 0.1) is 0 Å². The number of para-hydroxylation sites is 6. The van der Waals surface area contributed by atoms with E-state index in [1.807, 2.05) is 0 Å². The predicted molar refractivity (Wildman–Crippen MR) is 329 cm³/mol. The zero-order valence-corrected chi connectivity index (χ0v) is 42.7. The van der Waals surface area contributed by atoms with Gasteiger partial charge in [0.2, 0.25) is 0 Å². The maximum Gasteiger partial charge on any atom is 0.0729 e. The lowest BCUT2D eigenvalue weighted by Gasteiger charge is -2.22. The molecule has 15 rings (SSSR count). The smallest absolute Gasteiger partial charge is 0.0729 e. The molecule has 0 amide bonds. The fraction of sp³-hybridized carbons (Fsp3) is 0.0135. The molecule has 0 saturated carbocycles. The fourth-order valence-corrected chi connectivity index (χ4v) is 12.1. The van der Waals surface area contributed by atoms with Gasteiger partial charge in [0.1, 0.15) is 0 Å². The van der Waals surface area contributed by atoms with Crippen molar-refractivity contribution in [3.05, 3.63) is 313 Å². The van der Waals surface area contributed by atoms with E-state index in [0.717, 1.165) is 72.9 Å². The van der Waals surface area contributed by atoms with Crippen molar-refractivity contribution in [2.75, 3.05) is 0 Å². The van der Waals surface area contributed by atoms with Crippen LogP contribution in [0.15, 0.2) is 296 Å². The molecule has 0 saturated heterocycles. The molecular weight excluding hydrogens is 945 g/mol. The molecule has 0 spiro atoms. The summed E-state index contributed by atoms with van der Waals surface area (Å²) in [6, 6.07) is 98.9. The number of aromatic nitrogens is 3. The molecule has 11 aromatic carbocycles. The van der Waals surface area contributed by atoms with Gasteiger partial charge in [-0.25, -0.2) is 0 Å². The predicted octanol–water partition coefficient (Wildman–Crippen LogP) is 18.9. The van der Waals surface area contributed by atoms with Gasteiger partial charge in [-0.1, -0.05) is 194 Å². The van der Waals surface area contributed by atoms with Crippen LogP contribution in [0.2, 0.25) is 0 Å². The van der Waals surface area contributed by atoms with E-state index in [4.69, 9.17) is 4.99 Å². The van der Waals surface area contributed by atoms with Crippen molar-refractivity contribution in [1.82, 2.24) is 13.7 Å². The molecule has 0 aliphatic heterocycles. The molecule has 1 aliphatic rings. The first-order valence-electron chi connectivity index (χ1n) is 26.8. The van der Waals surface area contributed by atoms with E-state index < -0.39 is 0 Å². The van der Waals surface area contributed by atoms with E-state index in [9.17, 15) is 0 Å². The van der Waals surface area contributed by atoms with Crippen LogP contribution in [0.3, 0.4) is 0 Å². The van der Waals surface area contributed by atoms with Gasteiger partial charge in [0.25, 0.3) is 0 Å². The van der Waals surface area contributed by atoms with Crippen LogP contribution in [0.5, 0.6) is 0 Å². The van der Waals surface area contributed by atoms with Crippen LogP contribution in [0.1, 0.15) is 22.3 Å². The lowest BCUT2D eigenvalue weighted by Crippen LogP contribution is -2.11. The summed E-state index contributed by atoms with van der Waals surface area (Å²) < 4.78 is 7.20. The third-order valence-corrected chi connectivity index (χ3v) is 15.6. The average molecular weight is 995 g/mol. The summed E-state index contributed by atoms with van der Waals surface area (Å²) in [5.74, 6) is 0. The Kier molecular flexibility index (Phi) is 10.9. The van der Waals surface area contributed by atoms with E-state index in [0.29, 0.717) is 6.54 Å². The van der Waals surface area contributed by atoms with Crippen LogP contribution < -0.4 is 0 Å². The van der Waals surface area contributed by atoms with E-state index in [1.165, 1.54) is 65.4 Å². The molecule has 14 aromatic rings. The lowest BCUT2D eigenvalue weighted by molar-refractivity contribution is 1.07. The van der Waals surface area contributed by atoms with Gasteiger partial charge in [-0.05, 0) is 136 Å². The van der Waals surface area contributed by atoms with Crippen LogP contribution >= 0.6 is 0 Å². The van der Waals surface area contributed by atoms with Crippen LogP contribution in [-0.4, -0.2) is 19.4 Å². The highest BCUT2D eigenvalue weighted by Gasteiger charge is 2.23. The van der Waals surface area contributed by atoms with Crippen molar-refractivity contribution in [1.29, 1.82) is 0 Å². The summed E-state index contributed by atoms with van der Waals surface area (Å²) in [6.07, 6.45) is 7.01. The maximum absolute atomic E-state index is 5.72. The van der Waals surface area contributed by atoms with Gasteiger partial charge in [-0.2, -0.15) is 0 Å². The van der Waals surface area contributed by atoms with E-state index in [2.05, 4.69) is 305 Å². The SMILES string of the molecule is C1=C(c2cccc(-n3c4ccccc4c4ccccc43)c2)C=C(c2cccc(-n3c4ccccc4c4ccccc43)c2)C(=N/Cc2cccc(-c3cccc(-n4c5ccccc5c5ccccc54)c3)c2)/C1=C/c1ccccc1. The lowest BCUT2D eigenvalue weighted by atomic mass is 9.85. The Morgan fingerprint density at radius 2 is 0.679 bits per heavy atom. The number of hydrogen-bond acceptors (Lipinski definition) is 1. The number of fused-ring (bicyclic) bond motifs is 9. The Hall–Kier alpha value is -10.3. The Labute approximate surface area is 452 Å². The van der Waals surface area contributed by atoms with Crippen molar-refractivity contribution < 1.29 is 0 Å². The molecule has 0 radical (unpaired) electrons. The zero-order valence-electron chi connectivity index (χ0n) is 42.7. The maximum atomic E-state index is 5.72. The third kappa shape index (κ3) is 7.73. The summed E-state index contributed by atoms with van der Waals surface area (Å²) in [4.78, 5) is 5.72. The second-order valence-corrected chi connectivity index (χ2v) is 20.3. The minimum absolute atomic E-state index is 0.484. The summed E-state index contributed by atoms with van der Waals surface area (Å²) in [5, 5.41) is 7.47. The summed E-state index contributed by atoms with van der Waals surface area (Å²) in [6.45, 7) is 0.484. The normalized spacial score (nSPS) is 13.9. The second kappa shape index (κ2) is 18.8. The summed E-state index contributed by atoms with van der Waals surface area (Å²) in [5.41, 5.74) is 21.4. The zero-order chi connectivity index (χ0) is 51.5. The fourth-order valence-electron chi connectivity index (χ4n) is 12.1. The highest BCUT2D eigenvalue weighted by Crippen LogP contribution is 2.40. The molecule has 78 heavy (non-hydrogen) atoms. The molecule has 3 aromatic heterocycles. The van der Waals surface area contributed by atoms with Crippen LogP contribution in [0.4, 0.5) is 0 Å². The number of rotatable bonds is 9. The van der Waals surface area contributed by atoms with Gasteiger partial charge in [0.15, 0.2) is 0 Å². The van der Waals surface area contributed by atoms with Gasteiger partial charge >= 0.3 is 0 Å². The molecule has 0 fully saturated rings. The van der Waals surface area contributed by atoms with Crippen molar-refractivity contribution in [2.24, 2.45) is 4.99 Å². The molecule has 1 aliphatic carbocycles. The Bertz CT molecular complexity index is 4660. The number of aliphatic imine (C=N–C) groups is 1.